The lowest BCUT2D eigenvalue weighted by Gasteiger charge is -2.29. The Morgan fingerprint density at radius 3 is 2.84 bits per heavy atom. The van der Waals surface area contributed by atoms with Crippen LogP contribution in [0.5, 0.6) is 5.75 Å². The Morgan fingerprint density at radius 2 is 2.18 bits per heavy atom. The molecule has 5 atom stereocenters. The lowest BCUT2D eigenvalue weighted by atomic mass is 9.99. The van der Waals surface area contributed by atoms with Crippen LogP contribution < -0.4 is 15.3 Å². The van der Waals surface area contributed by atoms with Gasteiger partial charge >= 0.3 is 13.7 Å². The molecule has 0 unspecified atom stereocenters. The fraction of sp³-hybridized carbons (Fsp3) is 0.364. The maximum absolute atomic E-state index is 13.7. The van der Waals surface area contributed by atoms with E-state index in [-0.39, 0.29) is 34.4 Å². The third-order valence-electron chi connectivity index (χ3n) is 5.68. The van der Waals surface area contributed by atoms with Crippen molar-refractivity contribution in [3.63, 3.8) is 0 Å². The predicted octanol–water partition coefficient (Wildman–Crippen LogP) is 2.83. The zero-order valence-electron chi connectivity index (χ0n) is 20.1. The molecule has 0 saturated carbocycles. The third kappa shape index (κ3) is 5.79. The number of fused-ring (bicyclic) bond motifs is 1. The van der Waals surface area contributed by atoms with E-state index in [1.54, 1.807) is 24.3 Å². The van der Waals surface area contributed by atoms with Gasteiger partial charge in [-0.1, -0.05) is 21.9 Å². The lowest BCUT2D eigenvalue weighted by molar-refractivity contribution is -0.142. The summed E-state index contributed by atoms with van der Waals surface area (Å²) in [5.41, 5.74) is 4.68. The number of aliphatic hydroxyl groups excluding tert-OH is 1. The van der Waals surface area contributed by atoms with Gasteiger partial charge in [-0.15, -0.1) is 6.42 Å². The molecule has 0 radical (unpaired) electrons. The van der Waals surface area contributed by atoms with Crippen LogP contribution in [0.2, 0.25) is 5.28 Å². The standard InChI is InChI=1S/C22H23BrClN6O7P/c1-4-22(15(31)9-16(36-22)30-11-26-17-18(25)27-21(24)28-19(17)30)10-35-38(33,29-12(2)20(32)34-3)37-14-7-5-13(23)6-8-14/h1,5-8,11-12,15-16,31H,9-10H2,2-3H3,(H,29,33)(H2,25,27,28)/t12-,15-,16+,22+,38+/m0/s1. The number of rotatable bonds is 9. The molecule has 16 heteroatoms. The molecule has 4 N–H and O–H groups in total. The summed E-state index contributed by atoms with van der Waals surface area (Å²) in [6, 6.07) is 5.35. The SMILES string of the molecule is C#C[C@]1(CO[P@](=O)(N[C@@H](C)C(=O)OC)Oc2ccc(Br)cc2)O[C@@H](n2cnc3c(N)nc(Cl)nc32)C[C@@H]1O. The van der Waals surface area contributed by atoms with Crippen LogP contribution in [-0.2, 0) is 23.4 Å². The highest BCUT2D eigenvalue weighted by Gasteiger charge is 2.50. The van der Waals surface area contributed by atoms with E-state index in [2.05, 4.69) is 41.9 Å². The number of nitrogens with one attached hydrogen (secondary N) is 1. The van der Waals surface area contributed by atoms with Gasteiger partial charge in [0.1, 0.15) is 36.2 Å². The number of nitrogen functional groups attached to an aromatic ring is 1. The van der Waals surface area contributed by atoms with Gasteiger partial charge in [-0.05, 0) is 42.8 Å². The molecule has 0 bridgehead atoms. The maximum Gasteiger partial charge on any atom is 0.459 e. The van der Waals surface area contributed by atoms with Gasteiger partial charge in [0.15, 0.2) is 17.1 Å². The Morgan fingerprint density at radius 1 is 1.47 bits per heavy atom. The van der Waals surface area contributed by atoms with E-state index in [1.807, 2.05) is 0 Å². The molecule has 1 aliphatic heterocycles. The van der Waals surface area contributed by atoms with Crippen LogP contribution >= 0.6 is 35.3 Å². The molecule has 0 amide bonds. The highest BCUT2D eigenvalue weighted by Crippen LogP contribution is 2.48. The van der Waals surface area contributed by atoms with E-state index < -0.39 is 44.3 Å². The molecule has 1 saturated heterocycles. The first-order valence-electron chi connectivity index (χ1n) is 11.0. The number of carbonyl (C=O) groups excluding carboxylic acids is 1. The van der Waals surface area contributed by atoms with Crippen LogP contribution in [-0.4, -0.2) is 62.1 Å². The van der Waals surface area contributed by atoms with Crippen LogP contribution in [0.25, 0.3) is 11.2 Å². The first kappa shape index (κ1) is 28.3. The quantitative estimate of drug-likeness (QED) is 0.137. The number of ether oxygens (including phenoxy) is 2. The second kappa shape index (κ2) is 11.2. The van der Waals surface area contributed by atoms with E-state index in [4.69, 9.17) is 42.3 Å². The lowest BCUT2D eigenvalue weighted by Crippen LogP contribution is -2.43. The number of nitrogens with two attached hydrogens (primary N) is 1. The number of aromatic nitrogens is 4. The number of esters is 1. The van der Waals surface area contributed by atoms with Crippen molar-refractivity contribution in [2.75, 3.05) is 19.5 Å². The number of benzene rings is 1. The number of hydrogen-bond donors (Lipinski definition) is 3. The van der Waals surface area contributed by atoms with E-state index >= 15 is 0 Å². The largest absolute Gasteiger partial charge is 0.468 e. The minimum absolute atomic E-state index is 0.00437. The van der Waals surface area contributed by atoms with Crippen LogP contribution in [0.4, 0.5) is 5.82 Å². The summed E-state index contributed by atoms with van der Waals surface area (Å²) in [5.74, 6) is 1.95. The van der Waals surface area contributed by atoms with Gasteiger partial charge in [0.25, 0.3) is 0 Å². The minimum atomic E-state index is -4.27. The highest BCUT2D eigenvalue weighted by molar-refractivity contribution is 9.10. The Hall–Kier alpha value is -2.76. The van der Waals surface area contributed by atoms with Crippen molar-refractivity contribution in [2.45, 2.75) is 37.3 Å². The topological polar surface area (TPSA) is 173 Å². The Labute approximate surface area is 230 Å². The van der Waals surface area contributed by atoms with E-state index in [0.29, 0.717) is 0 Å². The summed E-state index contributed by atoms with van der Waals surface area (Å²) in [5, 5.41) is 13.3. The Bertz CT molecular complexity index is 1430. The highest BCUT2D eigenvalue weighted by atomic mass is 79.9. The molecule has 4 rings (SSSR count). The van der Waals surface area contributed by atoms with Crippen molar-refractivity contribution in [3.05, 3.63) is 40.3 Å². The number of carbonyl (C=O) groups is 1. The molecule has 3 heterocycles. The Kier molecular flexibility index (Phi) is 8.29. The monoisotopic (exact) mass is 628 g/mol. The van der Waals surface area contributed by atoms with E-state index in [9.17, 15) is 14.5 Å². The molecule has 0 spiro atoms. The van der Waals surface area contributed by atoms with Crippen LogP contribution in [0.1, 0.15) is 19.6 Å². The van der Waals surface area contributed by atoms with Gasteiger partial charge in [-0.2, -0.15) is 15.1 Å². The van der Waals surface area contributed by atoms with Gasteiger partial charge in [0, 0.05) is 10.9 Å². The van der Waals surface area contributed by atoms with Crippen LogP contribution in [0.15, 0.2) is 35.1 Å². The zero-order valence-corrected chi connectivity index (χ0v) is 23.3. The normalized spacial score (nSPS) is 23.5. The summed E-state index contributed by atoms with van der Waals surface area (Å²) >= 11 is 9.26. The van der Waals surface area contributed by atoms with Gasteiger partial charge in [0.05, 0.1) is 13.4 Å². The van der Waals surface area contributed by atoms with Crippen molar-refractivity contribution in [3.8, 4) is 18.1 Å². The second-order valence-corrected chi connectivity index (χ2v) is 11.2. The van der Waals surface area contributed by atoms with Crippen molar-refractivity contribution in [1.29, 1.82) is 0 Å². The number of hydrogen-bond acceptors (Lipinski definition) is 11. The average Bonchev–Trinajstić information content (AvgIpc) is 3.45. The third-order valence-corrected chi connectivity index (χ3v) is 8.00. The van der Waals surface area contributed by atoms with Crippen molar-refractivity contribution in [2.24, 2.45) is 0 Å². The predicted molar refractivity (Wildman–Crippen MR) is 140 cm³/mol. The molecular weight excluding hydrogens is 607 g/mol. The zero-order chi connectivity index (χ0) is 27.7. The van der Waals surface area contributed by atoms with E-state index in [1.165, 1.54) is 24.9 Å². The van der Waals surface area contributed by atoms with E-state index in [0.717, 1.165) is 4.47 Å². The Balaban J connectivity index is 1.58. The maximum atomic E-state index is 13.7. The fourth-order valence-corrected chi connectivity index (χ4v) is 5.67. The van der Waals surface area contributed by atoms with Crippen LogP contribution in [0.3, 0.4) is 0 Å². The van der Waals surface area contributed by atoms with Gasteiger partial charge in [-0.3, -0.25) is 13.9 Å². The molecule has 38 heavy (non-hydrogen) atoms. The number of halogens is 2. The van der Waals surface area contributed by atoms with Gasteiger partial charge < -0.3 is 24.8 Å². The van der Waals surface area contributed by atoms with Crippen LogP contribution in [0, 0.1) is 12.3 Å². The number of imidazole rings is 1. The number of methoxy groups -OCH3 is 1. The number of anilines is 1. The van der Waals surface area contributed by atoms with Crippen molar-refractivity contribution in [1.82, 2.24) is 24.6 Å². The molecule has 1 aromatic carbocycles. The summed E-state index contributed by atoms with van der Waals surface area (Å²) in [6.45, 7) is 0.851. The molecule has 2 aromatic heterocycles. The first-order chi connectivity index (χ1) is 18.0. The number of nitrogens with zero attached hydrogens (tertiary/aromatic N) is 4. The molecule has 13 nitrogen and oxygen atoms in total. The summed E-state index contributed by atoms with van der Waals surface area (Å²) in [6.07, 6.45) is 5.06. The summed E-state index contributed by atoms with van der Waals surface area (Å²) in [4.78, 5) is 24.2. The van der Waals surface area contributed by atoms with Gasteiger partial charge in [-0.25, -0.2) is 9.55 Å². The van der Waals surface area contributed by atoms with Crippen molar-refractivity contribution >= 4 is 58.2 Å². The van der Waals surface area contributed by atoms with Gasteiger partial charge in [0.2, 0.25) is 5.28 Å². The fourth-order valence-electron chi connectivity index (χ4n) is 3.72. The molecule has 3 aromatic rings. The minimum Gasteiger partial charge on any atom is -0.468 e. The molecular formula is C22H23BrClN6O7P. The number of terminal acetylenes is 1. The summed E-state index contributed by atoms with van der Waals surface area (Å²) in [7, 11) is -3.09. The first-order valence-corrected chi connectivity index (χ1v) is 13.7. The smallest absolute Gasteiger partial charge is 0.459 e. The molecule has 202 valence electrons. The average molecular weight is 630 g/mol. The molecule has 1 fully saturated rings. The molecule has 1 aliphatic rings. The molecule has 0 aliphatic carbocycles. The number of aliphatic hydroxyl groups is 1. The summed E-state index contributed by atoms with van der Waals surface area (Å²) < 4.78 is 38.0. The van der Waals surface area contributed by atoms with Crippen molar-refractivity contribution < 1.29 is 33.0 Å². The second-order valence-electron chi connectivity index (χ2n) is 8.25.